The summed E-state index contributed by atoms with van der Waals surface area (Å²) in [6.45, 7) is 0.448. The number of carbonyl (C=O) groups is 1. The normalized spacial score (nSPS) is 16.4. The Bertz CT molecular complexity index is 586. The van der Waals surface area contributed by atoms with Crippen LogP contribution in [0.25, 0.3) is 0 Å². The average Bonchev–Trinajstić information content (AvgIpc) is 2.57. The molecule has 110 valence electrons. The molecule has 1 aliphatic heterocycles. The zero-order valence-corrected chi connectivity index (χ0v) is 12.1. The van der Waals surface area contributed by atoms with Gasteiger partial charge in [0.15, 0.2) is 0 Å². The maximum absolute atomic E-state index is 12.3. The number of nitrogens with zero attached hydrogens (tertiary/aromatic N) is 1. The summed E-state index contributed by atoms with van der Waals surface area (Å²) in [5, 5.41) is 2.72. The van der Waals surface area contributed by atoms with Gasteiger partial charge in [0, 0.05) is 25.9 Å². The molecule has 7 heteroatoms. The molecule has 1 aromatic rings. The molecular formula is C13H18N2O4S. The maximum Gasteiger partial charge on any atom is 0.239 e. The van der Waals surface area contributed by atoms with E-state index < -0.39 is 10.0 Å². The zero-order chi connectivity index (χ0) is 14.6. The van der Waals surface area contributed by atoms with Gasteiger partial charge in [-0.2, -0.15) is 4.31 Å². The van der Waals surface area contributed by atoms with Gasteiger partial charge in [-0.05, 0) is 18.1 Å². The lowest BCUT2D eigenvalue weighted by Gasteiger charge is -2.19. The van der Waals surface area contributed by atoms with Gasteiger partial charge in [0.05, 0.1) is 12.3 Å². The highest BCUT2D eigenvalue weighted by molar-refractivity contribution is 7.89. The number of benzene rings is 1. The number of sulfonamides is 1. The summed E-state index contributed by atoms with van der Waals surface area (Å²) in [7, 11) is -1.93. The third kappa shape index (κ3) is 3.56. The first-order valence-electron chi connectivity index (χ1n) is 6.37. The highest BCUT2D eigenvalue weighted by Crippen LogP contribution is 2.22. The van der Waals surface area contributed by atoms with E-state index >= 15 is 0 Å². The van der Waals surface area contributed by atoms with Crippen LogP contribution in [0.1, 0.15) is 12.0 Å². The maximum atomic E-state index is 12.3. The lowest BCUT2D eigenvalue weighted by Crippen LogP contribution is -2.37. The molecule has 1 heterocycles. The molecule has 1 aromatic carbocycles. The van der Waals surface area contributed by atoms with Crippen LogP contribution in [0.4, 0.5) is 5.69 Å². The van der Waals surface area contributed by atoms with Gasteiger partial charge in [-0.15, -0.1) is 0 Å². The molecule has 1 amide bonds. The molecule has 0 unspecified atom stereocenters. The minimum absolute atomic E-state index is 0.0176. The third-order valence-electron chi connectivity index (χ3n) is 3.10. The van der Waals surface area contributed by atoms with E-state index in [1.165, 1.54) is 11.4 Å². The molecule has 0 fully saturated rings. The Kier molecular flexibility index (Phi) is 4.74. The Labute approximate surface area is 118 Å². The monoisotopic (exact) mass is 298 g/mol. The fourth-order valence-electron chi connectivity index (χ4n) is 2.09. The molecule has 0 aromatic heterocycles. The van der Waals surface area contributed by atoms with Crippen molar-refractivity contribution in [2.45, 2.75) is 13.0 Å². The van der Waals surface area contributed by atoms with Crippen LogP contribution in [0.3, 0.4) is 0 Å². The number of ether oxygens (including phenoxy) is 1. The van der Waals surface area contributed by atoms with Crippen molar-refractivity contribution in [2.75, 3.05) is 31.3 Å². The van der Waals surface area contributed by atoms with Gasteiger partial charge in [-0.25, -0.2) is 8.42 Å². The summed E-state index contributed by atoms with van der Waals surface area (Å²) in [6.07, 6.45) is 0.415. The van der Waals surface area contributed by atoms with Gasteiger partial charge in [0.25, 0.3) is 0 Å². The van der Waals surface area contributed by atoms with E-state index in [1.807, 2.05) is 18.2 Å². The van der Waals surface area contributed by atoms with E-state index in [1.54, 1.807) is 6.07 Å². The second-order valence-corrected chi connectivity index (χ2v) is 6.72. The number of fused-ring (bicyclic) bond motifs is 1. The first-order chi connectivity index (χ1) is 9.53. The van der Waals surface area contributed by atoms with Gasteiger partial charge >= 0.3 is 0 Å². The van der Waals surface area contributed by atoms with E-state index in [2.05, 4.69) is 5.32 Å². The highest BCUT2D eigenvalue weighted by Gasteiger charge is 2.27. The number of hydrogen-bond donors (Lipinski definition) is 1. The zero-order valence-electron chi connectivity index (χ0n) is 11.3. The van der Waals surface area contributed by atoms with Gasteiger partial charge < -0.3 is 10.1 Å². The number of anilines is 1. The number of para-hydroxylation sites is 1. The van der Waals surface area contributed by atoms with Crippen molar-refractivity contribution in [3.05, 3.63) is 29.8 Å². The molecule has 1 aliphatic rings. The Morgan fingerprint density at radius 3 is 2.80 bits per heavy atom. The predicted molar refractivity (Wildman–Crippen MR) is 75.8 cm³/mol. The lowest BCUT2D eigenvalue weighted by molar-refractivity contribution is -0.116. The molecule has 2 rings (SSSR count). The highest BCUT2D eigenvalue weighted by atomic mass is 32.2. The number of amides is 1. The van der Waals surface area contributed by atoms with E-state index in [-0.39, 0.29) is 24.7 Å². The van der Waals surface area contributed by atoms with E-state index in [0.717, 1.165) is 5.56 Å². The first-order valence-corrected chi connectivity index (χ1v) is 7.98. The molecule has 1 N–H and O–H groups in total. The van der Waals surface area contributed by atoms with Gasteiger partial charge in [0.2, 0.25) is 15.9 Å². The molecule has 20 heavy (non-hydrogen) atoms. The molecule has 0 aliphatic carbocycles. The standard InChI is InChI=1S/C13H18N2O4S/c1-19-7-4-8-20(17,18)15-9-11-5-2-3-6-12(11)14-13(16)10-15/h2-3,5-6H,4,7-10H2,1H3,(H,14,16). The summed E-state index contributed by atoms with van der Waals surface area (Å²) in [5.41, 5.74) is 1.47. The van der Waals surface area contributed by atoms with Crippen LogP contribution in [0.2, 0.25) is 0 Å². The van der Waals surface area contributed by atoms with E-state index in [9.17, 15) is 13.2 Å². The van der Waals surface area contributed by atoms with Gasteiger partial charge in [-0.3, -0.25) is 4.79 Å². The minimum Gasteiger partial charge on any atom is -0.385 e. The summed E-state index contributed by atoms with van der Waals surface area (Å²) in [5.74, 6) is -0.332. The summed E-state index contributed by atoms with van der Waals surface area (Å²) < 4.78 is 30.6. The topological polar surface area (TPSA) is 75.7 Å². The fourth-order valence-corrected chi connectivity index (χ4v) is 3.48. The van der Waals surface area contributed by atoms with Crippen molar-refractivity contribution < 1.29 is 17.9 Å². The number of nitrogens with one attached hydrogen (secondary N) is 1. The average molecular weight is 298 g/mol. The molecule has 0 atom stereocenters. The molecule has 6 nitrogen and oxygen atoms in total. The van der Waals surface area contributed by atoms with E-state index in [4.69, 9.17) is 4.74 Å². The molecule has 0 saturated heterocycles. The van der Waals surface area contributed by atoms with Crippen molar-refractivity contribution in [3.8, 4) is 0 Å². The number of hydrogen-bond acceptors (Lipinski definition) is 4. The van der Waals surface area contributed by atoms with Crippen LogP contribution < -0.4 is 5.32 Å². The van der Waals surface area contributed by atoms with E-state index in [0.29, 0.717) is 18.7 Å². The summed E-state index contributed by atoms with van der Waals surface area (Å²) in [4.78, 5) is 11.8. The number of methoxy groups -OCH3 is 1. The summed E-state index contributed by atoms with van der Waals surface area (Å²) in [6, 6.07) is 7.22. The molecular weight excluding hydrogens is 280 g/mol. The second-order valence-electron chi connectivity index (χ2n) is 4.64. The van der Waals surface area contributed by atoms with Crippen LogP contribution in [0, 0.1) is 0 Å². The van der Waals surface area contributed by atoms with Crippen LogP contribution >= 0.6 is 0 Å². The first kappa shape index (κ1) is 15.0. The Morgan fingerprint density at radius 1 is 1.30 bits per heavy atom. The van der Waals surface area contributed by atoms with Crippen LogP contribution in [-0.2, 0) is 26.1 Å². The molecule has 0 radical (unpaired) electrons. The number of carbonyl (C=O) groups excluding carboxylic acids is 1. The Morgan fingerprint density at radius 2 is 2.05 bits per heavy atom. The van der Waals surface area contributed by atoms with Crippen LogP contribution in [0.5, 0.6) is 0 Å². The molecule has 0 spiro atoms. The van der Waals surface area contributed by atoms with Crippen molar-refractivity contribution in [1.29, 1.82) is 0 Å². The second kappa shape index (κ2) is 6.34. The lowest BCUT2D eigenvalue weighted by atomic mass is 10.2. The minimum atomic E-state index is -3.46. The van der Waals surface area contributed by atoms with Crippen molar-refractivity contribution in [3.63, 3.8) is 0 Å². The smallest absolute Gasteiger partial charge is 0.239 e. The molecule has 0 bridgehead atoms. The third-order valence-corrected chi connectivity index (χ3v) is 4.95. The van der Waals surface area contributed by atoms with Crippen molar-refractivity contribution in [1.82, 2.24) is 4.31 Å². The SMILES string of the molecule is COCCCS(=O)(=O)N1CC(=O)Nc2ccccc2C1. The quantitative estimate of drug-likeness (QED) is 0.816. The van der Waals surface area contributed by atoms with Crippen LogP contribution in [-0.4, -0.2) is 44.6 Å². The summed E-state index contributed by atoms with van der Waals surface area (Å²) >= 11 is 0. The fraction of sp³-hybridized carbons (Fsp3) is 0.462. The Hall–Kier alpha value is -1.44. The predicted octanol–water partition coefficient (Wildman–Crippen LogP) is 0.807. The molecule has 0 saturated carbocycles. The van der Waals surface area contributed by atoms with Crippen molar-refractivity contribution >= 4 is 21.6 Å². The number of rotatable bonds is 5. The van der Waals surface area contributed by atoms with Gasteiger partial charge in [0.1, 0.15) is 0 Å². The largest absolute Gasteiger partial charge is 0.385 e. The van der Waals surface area contributed by atoms with Crippen molar-refractivity contribution in [2.24, 2.45) is 0 Å². The van der Waals surface area contributed by atoms with Crippen LogP contribution in [0.15, 0.2) is 24.3 Å². The Balaban J connectivity index is 2.18. The van der Waals surface area contributed by atoms with Gasteiger partial charge in [-0.1, -0.05) is 18.2 Å².